The fourth-order valence-electron chi connectivity index (χ4n) is 1.90. The Morgan fingerprint density at radius 1 is 1.28 bits per heavy atom. The van der Waals surface area contributed by atoms with Gasteiger partial charge in [0.2, 0.25) is 0 Å². The topological polar surface area (TPSA) is 83.5 Å². The standard InChI is InChI=1S/C11H20O7/c1-6-9(14-3)10(17-5-16-7(2)12)8(13)11(15-4)18-6/h6,8-11,13H,5H2,1-4H3/t6-,8+,9-,10-,11+/m0/s1. The van der Waals surface area contributed by atoms with Crippen molar-refractivity contribution in [3.63, 3.8) is 0 Å². The van der Waals surface area contributed by atoms with E-state index in [-0.39, 0.29) is 12.9 Å². The van der Waals surface area contributed by atoms with Crippen LogP contribution >= 0.6 is 0 Å². The van der Waals surface area contributed by atoms with E-state index < -0.39 is 30.6 Å². The van der Waals surface area contributed by atoms with Crippen LogP contribution in [0.4, 0.5) is 0 Å². The normalized spacial score (nSPS) is 36.4. The van der Waals surface area contributed by atoms with Crippen LogP contribution in [0.2, 0.25) is 0 Å². The van der Waals surface area contributed by atoms with Gasteiger partial charge in [0.25, 0.3) is 0 Å². The molecule has 0 radical (unpaired) electrons. The van der Waals surface area contributed by atoms with Crippen molar-refractivity contribution in [2.45, 2.75) is 44.6 Å². The largest absolute Gasteiger partial charge is 0.439 e. The van der Waals surface area contributed by atoms with Gasteiger partial charge in [-0.2, -0.15) is 0 Å². The molecule has 0 aromatic heterocycles. The van der Waals surface area contributed by atoms with E-state index in [4.69, 9.17) is 18.9 Å². The number of carbonyl (C=O) groups is 1. The van der Waals surface area contributed by atoms with Gasteiger partial charge in [-0.05, 0) is 6.92 Å². The number of hydrogen-bond donors (Lipinski definition) is 1. The molecule has 106 valence electrons. The molecule has 1 rings (SSSR count). The van der Waals surface area contributed by atoms with E-state index in [1.807, 2.05) is 0 Å². The molecule has 1 fully saturated rings. The fourth-order valence-corrected chi connectivity index (χ4v) is 1.90. The monoisotopic (exact) mass is 264 g/mol. The van der Waals surface area contributed by atoms with Crippen molar-refractivity contribution in [2.75, 3.05) is 21.0 Å². The maximum atomic E-state index is 10.7. The summed E-state index contributed by atoms with van der Waals surface area (Å²) in [7, 11) is 2.92. The van der Waals surface area contributed by atoms with E-state index in [1.165, 1.54) is 21.1 Å². The first-order valence-corrected chi connectivity index (χ1v) is 5.65. The van der Waals surface area contributed by atoms with Crippen molar-refractivity contribution in [3.05, 3.63) is 0 Å². The molecule has 1 aliphatic rings. The number of ether oxygens (including phenoxy) is 5. The number of methoxy groups -OCH3 is 2. The summed E-state index contributed by atoms with van der Waals surface area (Å²) in [6.45, 7) is 2.81. The van der Waals surface area contributed by atoms with E-state index in [0.717, 1.165) is 0 Å². The molecule has 0 saturated carbocycles. The van der Waals surface area contributed by atoms with Crippen LogP contribution in [-0.4, -0.2) is 62.8 Å². The Morgan fingerprint density at radius 2 is 1.94 bits per heavy atom. The molecule has 0 spiro atoms. The molecular formula is C11H20O7. The van der Waals surface area contributed by atoms with Crippen LogP contribution in [0, 0.1) is 0 Å². The van der Waals surface area contributed by atoms with Crippen molar-refractivity contribution >= 4 is 5.97 Å². The summed E-state index contributed by atoms with van der Waals surface area (Å²) in [4.78, 5) is 10.7. The minimum atomic E-state index is -1.02. The summed E-state index contributed by atoms with van der Waals surface area (Å²) in [5, 5.41) is 10.0. The Bertz CT molecular complexity index is 270. The van der Waals surface area contributed by atoms with Crippen LogP contribution in [0.1, 0.15) is 13.8 Å². The second-order valence-corrected chi connectivity index (χ2v) is 4.02. The number of hydrogen-bond acceptors (Lipinski definition) is 7. The Balaban J connectivity index is 2.64. The number of aliphatic hydroxyl groups is 1. The molecule has 0 aliphatic carbocycles. The van der Waals surface area contributed by atoms with Gasteiger partial charge in [-0.15, -0.1) is 0 Å². The number of rotatable bonds is 5. The molecule has 1 saturated heterocycles. The summed E-state index contributed by atoms with van der Waals surface area (Å²) in [6, 6.07) is 0. The van der Waals surface area contributed by atoms with E-state index in [0.29, 0.717) is 0 Å². The highest BCUT2D eigenvalue weighted by Crippen LogP contribution is 2.25. The van der Waals surface area contributed by atoms with Gasteiger partial charge in [0.15, 0.2) is 13.1 Å². The highest BCUT2D eigenvalue weighted by Gasteiger charge is 2.45. The first-order chi connectivity index (χ1) is 8.51. The molecule has 18 heavy (non-hydrogen) atoms. The highest BCUT2D eigenvalue weighted by molar-refractivity contribution is 5.65. The Morgan fingerprint density at radius 3 is 2.44 bits per heavy atom. The van der Waals surface area contributed by atoms with Gasteiger partial charge in [0, 0.05) is 21.1 Å². The molecule has 1 heterocycles. The lowest BCUT2D eigenvalue weighted by atomic mass is 9.99. The van der Waals surface area contributed by atoms with Crippen molar-refractivity contribution in [3.8, 4) is 0 Å². The van der Waals surface area contributed by atoms with Crippen molar-refractivity contribution < 1.29 is 33.6 Å². The first-order valence-electron chi connectivity index (χ1n) is 5.65. The van der Waals surface area contributed by atoms with Gasteiger partial charge in [-0.1, -0.05) is 0 Å². The maximum Gasteiger partial charge on any atom is 0.304 e. The smallest absolute Gasteiger partial charge is 0.304 e. The summed E-state index contributed by atoms with van der Waals surface area (Å²) in [6.07, 6.45) is -3.30. The molecule has 0 unspecified atom stereocenters. The van der Waals surface area contributed by atoms with Crippen molar-refractivity contribution in [2.24, 2.45) is 0 Å². The average molecular weight is 264 g/mol. The van der Waals surface area contributed by atoms with E-state index in [1.54, 1.807) is 6.92 Å². The molecular weight excluding hydrogens is 244 g/mol. The van der Waals surface area contributed by atoms with Crippen molar-refractivity contribution in [1.29, 1.82) is 0 Å². The third kappa shape index (κ3) is 3.63. The van der Waals surface area contributed by atoms with Gasteiger partial charge in [0.05, 0.1) is 6.10 Å². The molecule has 0 amide bonds. The molecule has 7 nitrogen and oxygen atoms in total. The van der Waals surface area contributed by atoms with Crippen LogP contribution in [-0.2, 0) is 28.5 Å². The summed E-state index contributed by atoms with van der Waals surface area (Å²) in [5.74, 6) is -0.457. The second kappa shape index (κ2) is 7.01. The highest BCUT2D eigenvalue weighted by atomic mass is 16.7. The molecule has 1 aliphatic heterocycles. The summed E-state index contributed by atoms with van der Waals surface area (Å²) < 4.78 is 25.7. The lowest BCUT2D eigenvalue weighted by Crippen LogP contribution is -2.58. The van der Waals surface area contributed by atoms with Crippen LogP contribution in [0.15, 0.2) is 0 Å². The van der Waals surface area contributed by atoms with E-state index in [2.05, 4.69) is 4.74 Å². The SMILES string of the molecule is CO[C@@H]1O[C@@H](C)[C@H](OC)[C@@H](OCOC(C)=O)[C@H]1O. The van der Waals surface area contributed by atoms with Crippen molar-refractivity contribution in [1.82, 2.24) is 0 Å². The van der Waals surface area contributed by atoms with E-state index >= 15 is 0 Å². The molecule has 0 bridgehead atoms. The molecule has 0 aromatic carbocycles. The number of esters is 1. The van der Waals surface area contributed by atoms with Crippen LogP contribution in [0.3, 0.4) is 0 Å². The molecule has 7 heteroatoms. The van der Waals surface area contributed by atoms with Gasteiger partial charge in [0.1, 0.15) is 18.3 Å². The van der Waals surface area contributed by atoms with E-state index in [9.17, 15) is 9.90 Å². The van der Waals surface area contributed by atoms with Gasteiger partial charge >= 0.3 is 5.97 Å². The Labute approximate surface area is 106 Å². The lowest BCUT2D eigenvalue weighted by Gasteiger charge is -2.41. The van der Waals surface area contributed by atoms with Gasteiger partial charge in [-0.25, -0.2) is 0 Å². The molecule has 0 aromatic rings. The zero-order chi connectivity index (χ0) is 13.7. The zero-order valence-electron chi connectivity index (χ0n) is 11.0. The fraction of sp³-hybridized carbons (Fsp3) is 0.909. The predicted octanol–water partition coefficient (Wildman–Crippen LogP) is -0.341. The zero-order valence-corrected chi connectivity index (χ0v) is 11.0. The molecule has 5 atom stereocenters. The summed E-state index contributed by atoms with van der Waals surface area (Å²) >= 11 is 0. The van der Waals surface area contributed by atoms with Gasteiger partial charge in [-0.3, -0.25) is 4.79 Å². The number of carbonyl (C=O) groups excluding carboxylic acids is 1. The Kier molecular flexibility index (Phi) is 5.97. The maximum absolute atomic E-state index is 10.7. The Hall–Kier alpha value is -0.730. The third-order valence-corrected chi connectivity index (χ3v) is 2.78. The minimum absolute atomic E-state index is 0.250. The third-order valence-electron chi connectivity index (χ3n) is 2.78. The average Bonchev–Trinajstić information content (AvgIpc) is 2.32. The quantitative estimate of drug-likeness (QED) is 0.537. The minimum Gasteiger partial charge on any atom is -0.439 e. The second-order valence-electron chi connectivity index (χ2n) is 4.02. The molecule has 1 N–H and O–H groups in total. The predicted molar refractivity (Wildman–Crippen MR) is 59.7 cm³/mol. The summed E-state index contributed by atoms with van der Waals surface area (Å²) in [5.41, 5.74) is 0. The lowest BCUT2D eigenvalue weighted by molar-refractivity contribution is -0.304. The number of aliphatic hydroxyl groups excluding tert-OH is 1. The first kappa shape index (κ1) is 15.3. The van der Waals surface area contributed by atoms with Crippen LogP contribution in [0.5, 0.6) is 0 Å². The van der Waals surface area contributed by atoms with Crippen LogP contribution in [0.25, 0.3) is 0 Å². The van der Waals surface area contributed by atoms with Gasteiger partial charge < -0.3 is 28.8 Å². The van der Waals surface area contributed by atoms with Crippen LogP contribution < -0.4 is 0 Å².